The predicted molar refractivity (Wildman–Crippen MR) is 133 cm³/mol. The number of morpholine rings is 1. The number of anilines is 4. The Labute approximate surface area is 211 Å². The molecule has 2 N–H and O–H groups in total. The summed E-state index contributed by atoms with van der Waals surface area (Å²) in [5.74, 6) is -0.473. The molecule has 2 aromatic carbocycles. The summed E-state index contributed by atoms with van der Waals surface area (Å²) in [5.41, 5.74) is 0.267. The average Bonchev–Trinajstić information content (AvgIpc) is 2.88. The van der Waals surface area contributed by atoms with E-state index in [0.717, 1.165) is 18.8 Å². The number of halogens is 3. The highest BCUT2D eigenvalue weighted by Crippen LogP contribution is 2.37. The normalized spacial score (nSPS) is 13.5. The number of nitriles is 1. The molecule has 1 amide bonds. The van der Waals surface area contributed by atoms with Gasteiger partial charge in [-0.1, -0.05) is 12.1 Å². The van der Waals surface area contributed by atoms with E-state index in [4.69, 9.17) is 4.74 Å². The Bertz CT molecular complexity index is 1350. The molecule has 8 nitrogen and oxygen atoms in total. The van der Waals surface area contributed by atoms with Crippen LogP contribution in [0.15, 0.2) is 61.3 Å². The van der Waals surface area contributed by atoms with Crippen molar-refractivity contribution < 1.29 is 22.7 Å². The molecule has 0 spiro atoms. The SMILES string of the molecule is C=CCC(=O)Nc1cc(C#N)cc(-c2nc(Nc3cccc(N4CCOCC4)c3)ncc2C(F)(F)F)c1. The van der Waals surface area contributed by atoms with E-state index in [0.29, 0.717) is 25.1 Å². The van der Waals surface area contributed by atoms with Crippen LogP contribution in [-0.2, 0) is 15.7 Å². The minimum Gasteiger partial charge on any atom is -0.378 e. The summed E-state index contributed by atoms with van der Waals surface area (Å²) in [4.78, 5) is 22.2. The zero-order chi connectivity index (χ0) is 26.4. The van der Waals surface area contributed by atoms with E-state index in [1.807, 2.05) is 24.3 Å². The molecule has 1 aliphatic rings. The number of benzene rings is 2. The molecule has 0 atom stereocenters. The number of ether oxygens (including phenoxy) is 1. The van der Waals surface area contributed by atoms with Crippen molar-refractivity contribution >= 4 is 28.9 Å². The van der Waals surface area contributed by atoms with Crippen molar-refractivity contribution in [3.63, 3.8) is 0 Å². The highest BCUT2D eigenvalue weighted by atomic mass is 19.4. The van der Waals surface area contributed by atoms with E-state index in [2.05, 4.69) is 32.1 Å². The molecule has 0 bridgehead atoms. The predicted octanol–water partition coefficient (Wildman–Crippen LogP) is 5.13. The smallest absolute Gasteiger partial charge is 0.378 e. The molecule has 0 unspecified atom stereocenters. The number of nitrogens with one attached hydrogen (secondary N) is 2. The third kappa shape index (κ3) is 6.42. The Hall–Kier alpha value is -4.43. The maximum absolute atomic E-state index is 13.9. The van der Waals surface area contributed by atoms with E-state index in [1.54, 1.807) is 6.07 Å². The molecule has 1 aliphatic heterocycles. The quantitative estimate of drug-likeness (QED) is 0.427. The van der Waals surface area contributed by atoms with Crippen molar-refractivity contribution in [2.45, 2.75) is 12.6 Å². The Morgan fingerprint density at radius 2 is 1.97 bits per heavy atom. The number of aromatic nitrogens is 2. The number of alkyl halides is 3. The lowest BCUT2D eigenvalue weighted by molar-refractivity contribution is -0.137. The van der Waals surface area contributed by atoms with Crippen molar-refractivity contribution in [1.82, 2.24) is 9.97 Å². The summed E-state index contributed by atoms with van der Waals surface area (Å²) in [6.45, 7) is 6.16. The Kier molecular flexibility index (Phi) is 7.69. The Morgan fingerprint density at radius 1 is 1.19 bits per heavy atom. The van der Waals surface area contributed by atoms with Crippen LogP contribution in [0.4, 0.5) is 36.2 Å². The monoisotopic (exact) mass is 508 g/mol. The van der Waals surface area contributed by atoms with Crippen LogP contribution in [-0.4, -0.2) is 42.2 Å². The van der Waals surface area contributed by atoms with Gasteiger partial charge >= 0.3 is 6.18 Å². The van der Waals surface area contributed by atoms with Crippen molar-refractivity contribution in [1.29, 1.82) is 5.26 Å². The molecule has 1 saturated heterocycles. The zero-order valence-corrected chi connectivity index (χ0v) is 19.7. The maximum atomic E-state index is 13.9. The van der Waals surface area contributed by atoms with Gasteiger partial charge in [-0.2, -0.15) is 18.4 Å². The Balaban J connectivity index is 1.71. The van der Waals surface area contributed by atoms with Gasteiger partial charge in [0.15, 0.2) is 0 Å². The van der Waals surface area contributed by atoms with Gasteiger partial charge in [0.1, 0.15) is 5.56 Å². The van der Waals surface area contributed by atoms with Crippen molar-refractivity contribution in [3.05, 3.63) is 72.4 Å². The van der Waals surface area contributed by atoms with Crippen LogP contribution in [0.1, 0.15) is 17.5 Å². The minimum atomic E-state index is -4.75. The average molecular weight is 509 g/mol. The van der Waals surface area contributed by atoms with Crippen LogP contribution < -0.4 is 15.5 Å². The van der Waals surface area contributed by atoms with Crippen LogP contribution in [0, 0.1) is 11.3 Å². The van der Waals surface area contributed by atoms with Crippen molar-refractivity contribution in [3.8, 4) is 17.3 Å². The topological polar surface area (TPSA) is 103 Å². The van der Waals surface area contributed by atoms with Gasteiger partial charge in [0.05, 0.1) is 30.5 Å². The second kappa shape index (κ2) is 11.1. The lowest BCUT2D eigenvalue weighted by atomic mass is 10.0. The number of carbonyl (C=O) groups is 1. The molecule has 0 aliphatic carbocycles. The van der Waals surface area contributed by atoms with Crippen molar-refractivity contribution in [2.75, 3.05) is 41.8 Å². The van der Waals surface area contributed by atoms with Crippen LogP contribution in [0.2, 0.25) is 0 Å². The van der Waals surface area contributed by atoms with Gasteiger partial charge in [0, 0.05) is 48.3 Å². The van der Waals surface area contributed by atoms with Gasteiger partial charge < -0.3 is 20.3 Å². The van der Waals surface area contributed by atoms with E-state index < -0.39 is 23.3 Å². The summed E-state index contributed by atoms with van der Waals surface area (Å²) in [7, 11) is 0. The molecule has 3 aromatic rings. The molecule has 0 radical (unpaired) electrons. The third-order valence-corrected chi connectivity index (χ3v) is 5.52. The standard InChI is InChI=1S/C26H23F3N6O2/c1-2-4-23(36)32-20-12-17(15-30)11-18(13-20)24-22(26(27,28)29)16-31-25(34-24)33-19-5-3-6-21(14-19)35-7-9-37-10-8-35/h2-3,5-6,11-14,16H,1,4,7-10H2,(H,32,36)(H,31,33,34). The fraction of sp³-hybridized carbons (Fsp3) is 0.231. The summed E-state index contributed by atoms with van der Waals surface area (Å²) >= 11 is 0. The van der Waals surface area contributed by atoms with Gasteiger partial charge in [-0.05, 0) is 36.4 Å². The lowest BCUT2D eigenvalue weighted by Gasteiger charge is -2.29. The summed E-state index contributed by atoms with van der Waals surface area (Å²) in [5, 5.41) is 15.0. The van der Waals surface area contributed by atoms with Crippen molar-refractivity contribution in [2.24, 2.45) is 0 Å². The second-order valence-corrected chi connectivity index (χ2v) is 8.18. The first kappa shape index (κ1) is 25.7. The number of carbonyl (C=O) groups excluding carboxylic acids is 1. The number of nitrogens with zero attached hydrogens (tertiary/aromatic N) is 4. The lowest BCUT2D eigenvalue weighted by Crippen LogP contribution is -2.36. The van der Waals surface area contributed by atoms with Gasteiger partial charge in [0.25, 0.3) is 0 Å². The largest absolute Gasteiger partial charge is 0.419 e. The number of hydrogen-bond donors (Lipinski definition) is 2. The van der Waals surface area contributed by atoms with Crippen LogP contribution in [0.3, 0.4) is 0 Å². The summed E-state index contributed by atoms with van der Waals surface area (Å²) in [6.07, 6.45) is -2.65. The van der Waals surface area contributed by atoms with Gasteiger partial charge in [-0.25, -0.2) is 9.97 Å². The van der Waals surface area contributed by atoms with E-state index in [9.17, 15) is 23.2 Å². The molecule has 4 rings (SSSR count). The fourth-order valence-electron chi connectivity index (χ4n) is 3.84. The summed E-state index contributed by atoms with van der Waals surface area (Å²) in [6, 6.07) is 13.3. The molecule has 190 valence electrons. The van der Waals surface area contributed by atoms with Gasteiger partial charge in [-0.15, -0.1) is 6.58 Å². The van der Waals surface area contributed by atoms with E-state index in [-0.39, 0.29) is 29.2 Å². The number of amides is 1. The molecule has 11 heteroatoms. The van der Waals surface area contributed by atoms with Gasteiger partial charge in [0.2, 0.25) is 11.9 Å². The van der Waals surface area contributed by atoms with E-state index in [1.165, 1.54) is 24.3 Å². The molecule has 2 heterocycles. The number of rotatable bonds is 7. The van der Waals surface area contributed by atoms with Crippen LogP contribution >= 0.6 is 0 Å². The molecule has 0 saturated carbocycles. The van der Waals surface area contributed by atoms with Gasteiger partial charge in [-0.3, -0.25) is 4.79 Å². The highest BCUT2D eigenvalue weighted by Gasteiger charge is 2.35. The second-order valence-electron chi connectivity index (χ2n) is 8.18. The van der Waals surface area contributed by atoms with Crippen LogP contribution in [0.5, 0.6) is 0 Å². The highest BCUT2D eigenvalue weighted by molar-refractivity contribution is 5.92. The van der Waals surface area contributed by atoms with E-state index >= 15 is 0 Å². The molecular formula is C26H23F3N6O2. The third-order valence-electron chi connectivity index (χ3n) is 5.52. The minimum absolute atomic E-state index is 0.00497. The number of hydrogen-bond acceptors (Lipinski definition) is 7. The Morgan fingerprint density at radius 3 is 2.68 bits per heavy atom. The zero-order valence-electron chi connectivity index (χ0n) is 19.7. The molecule has 1 aromatic heterocycles. The van der Waals surface area contributed by atoms with Crippen LogP contribution in [0.25, 0.3) is 11.3 Å². The first-order chi connectivity index (χ1) is 17.8. The maximum Gasteiger partial charge on any atom is 0.419 e. The molecule has 37 heavy (non-hydrogen) atoms. The molecule has 1 fully saturated rings. The molecular weight excluding hydrogens is 485 g/mol. The first-order valence-electron chi connectivity index (χ1n) is 11.4. The summed E-state index contributed by atoms with van der Waals surface area (Å²) < 4.78 is 47.0. The first-order valence-corrected chi connectivity index (χ1v) is 11.4. The fourth-order valence-corrected chi connectivity index (χ4v) is 3.84.